The number of rotatable bonds is 5. The van der Waals surface area contributed by atoms with Crippen molar-refractivity contribution in [1.29, 1.82) is 0 Å². The number of hydrogen-bond acceptors (Lipinski definition) is 2. The van der Waals surface area contributed by atoms with Gasteiger partial charge in [0.05, 0.1) is 0 Å². The van der Waals surface area contributed by atoms with Crippen LogP contribution in [0.5, 0.6) is 0 Å². The molecule has 0 radical (unpaired) electrons. The van der Waals surface area contributed by atoms with Gasteiger partial charge in [0.1, 0.15) is 0 Å². The summed E-state index contributed by atoms with van der Waals surface area (Å²) in [6.07, 6.45) is 0.923. The van der Waals surface area contributed by atoms with E-state index >= 15 is 0 Å². The van der Waals surface area contributed by atoms with E-state index in [9.17, 15) is 0 Å². The highest BCUT2D eigenvalue weighted by Crippen LogP contribution is 2.22. The molecule has 0 fully saturated rings. The zero-order valence-corrected chi connectivity index (χ0v) is 11.6. The highest BCUT2D eigenvalue weighted by molar-refractivity contribution is 7.80. The summed E-state index contributed by atoms with van der Waals surface area (Å²) in [5.41, 5.74) is 1.93. The molecule has 0 atom stereocenters. The maximum atomic E-state index is 6.02. The van der Waals surface area contributed by atoms with Gasteiger partial charge >= 0.3 is 0 Å². The maximum absolute atomic E-state index is 6.02. The lowest BCUT2D eigenvalue weighted by Crippen LogP contribution is -2.30. The summed E-state index contributed by atoms with van der Waals surface area (Å²) in [6, 6.07) is 5.70. The molecule has 0 aliphatic carbocycles. The summed E-state index contributed by atoms with van der Waals surface area (Å²) >= 11 is 11.2. The standard InChI is InChI=1S/C12H17ClN2OS/c1-9-10(13)5-3-6-11(9)15-12(17)14-7-4-8-16-2/h3,5-6H,4,7-8H2,1-2H3,(H2,14,15,17). The monoisotopic (exact) mass is 272 g/mol. The first-order valence-electron chi connectivity index (χ1n) is 5.44. The molecule has 0 heterocycles. The Morgan fingerprint density at radius 2 is 2.24 bits per heavy atom. The highest BCUT2D eigenvalue weighted by Gasteiger charge is 2.03. The molecule has 3 nitrogen and oxygen atoms in total. The molecule has 0 aliphatic heterocycles. The first kappa shape index (κ1) is 14.2. The molecule has 1 aromatic rings. The molecule has 1 aromatic carbocycles. The molecule has 0 aliphatic rings. The summed E-state index contributed by atoms with van der Waals surface area (Å²) in [6.45, 7) is 3.48. The fourth-order valence-corrected chi connectivity index (χ4v) is 1.71. The van der Waals surface area contributed by atoms with Gasteiger partial charge in [-0.05, 0) is 43.3 Å². The minimum absolute atomic E-state index is 0.603. The van der Waals surface area contributed by atoms with Crippen molar-refractivity contribution in [2.75, 3.05) is 25.6 Å². The van der Waals surface area contributed by atoms with E-state index in [-0.39, 0.29) is 0 Å². The molecule has 0 amide bonds. The fraction of sp³-hybridized carbons (Fsp3) is 0.417. The second kappa shape index (κ2) is 7.48. The predicted octanol–water partition coefficient (Wildman–Crippen LogP) is 2.97. The predicted molar refractivity (Wildman–Crippen MR) is 76.9 cm³/mol. The van der Waals surface area contributed by atoms with Gasteiger partial charge in [0, 0.05) is 31.0 Å². The Morgan fingerprint density at radius 1 is 1.47 bits per heavy atom. The van der Waals surface area contributed by atoms with Crippen LogP contribution >= 0.6 is 23.8 Å². The van der Waals surface area contributed by atoms with Crippen LogP contribution in [0.4, 0.5) is 5.69 Å². The van der Waals surface area contributed by atoms with E-state index in [0.29, 0.717) is 5.11 Å². The van der Waals surface area contributed by atoms with Crippen LogP contribution in [0.25, 0.3) is 0 Å². The minimum atomic E-state index is 0.603. The Kier molecular flexibility index (Phi) is 6.26. The van der Waals surface area contributed by atoms with Crippen LogP contribution in [-0.2, 0) is 4.74 Å². The second-order valence-electron chi connectivity index (χ2n) is 3.64. The molecule has 0 bridgehead atoms. The van der Waals surface area contributed by atoms with Gasteiger partial charge in [0.15, 0.2) is 5.11 Å². The smallest absolute Gasteiger partial charge is 0.170 e. The number of halogens is 1. The molecule has 17 heavy (non-hydrogen) atoms. The quantitative estimate of drug-likeness (QED) is 0.638. The summed E-state index contributed by atoms with van der Waals surface area (Å²) in [4.78, 5) is 0. The third-order valence-electron chi connectivity index (χ3n) is 2.33. The summed E-state index contributed by atoms with van der Waals surface area (Å²) in [5.74, 6) is 0. The Labute approximate surface area is 112 Å². The molecule has 94 valence electrons. The van der Waals surface area contributed by atoms with Gasteiger partial charge in [-0.25, -0.2) is 0 Å². The zero-order chi connectivity index (χ0) is 12.7. The molecule has 5 heteroatoms. The van der Waals surface area contributed by atoms with E-state index in [0.717, 1.165) is 35.8 Å². The van der Waals surface area contributed by atoms with E-state index in [1.165, 1.54) is 0 Å². The number of nitrogens with one attached hydrogen (secondary N) is 2. The van der Waals surface area contributed by atoms with Crippen molar-refractivity contribution in [2.24, 2.45) is 0 Å². The van der Waals surface area contributed by atoms with Crippen LogP contribution in [0.2, 0.25) is 5.02 Å². The molecule has 0 spiro atoms. The number of hydrogen-bond donors (Lipinski definition) is 2. The summed E-state index contributed by atoms with van der Waals surface area (Å²) < 4.78 is 4.96. The van der Waals surface area contributed by atoms with Crippen molar-refractivity contribution in [2.45, 2.75) is 13.3 Å². The van der Waals surface area contributed by atoms with Gasteiger partial charge in [-0.1, -0.05) is 17.7 Å². The minimum Gasteiger partial charge on any atom is -0.385 e. The topological polar surface area (TPSA) is 33.3 Å². The van der Waals surface area contributed by atoms with Crippen molar-refractivity contribution in [3.63, 3.8) is 0 Å². The van der Waals surface area contributed by atoms with E-state index in [1.807, 2.05) is 25.1 Å². The third-order valence-corrected chi connectivity index (χ3v) is 2.98. The SMILES string of the molecule is COCCCNC(=S)Nc1cccc(Cl)c1C. The van der Waals surface area contributed by atoms with Gasteiger partial charge in [-0.2, -0.15) is 0 Å². The zero-order valence-electron chi connectivity index (χ0n) is 10.0. The Hall–Kier alpha value is -0.840. The van der Waals surface area contributed by atoms with Crippen LogP contribution in [-0.4, -0.2) is 25.4 Å². The lowest BCUT2D eigenvalue weighted by atomic mass is 10.2. The average Bonchev–Trinajstić information content (AvgIpc) is 2.31. The normalized spacial score (nSPS) is 10.1. The number of methoxy groups -OCH3 is 1. The lowest BCUT2D eigenvalue weighted by Gasteiger charge is -2.12. The van der Waals surface area contributed by atoms with Gasteiger partial charge in [-0.3, -0.25) is 0 Å². The Bertz CT molecular complexity index is 385. The van der Waals surface area contributed by atoms with Crippen molar-refractivity contribution in [3.05, 3.63) is 28.8 Å². The molecule has 2 N–H and O–H groups in total. The largest absolute Gasteiger partial charge is 0.385 e. The molecule has 0 aromatic heterocycles. The lowest BCUT2D eigenvalue weighted by molar-refractivity contribution is 0.196. The van der Waals surface area contributed by atoms with Crippen molar-refractivity contribution < 1.29 is 4.74 Å². The number of thiocarbonyl (C=S) groups is 1. The molecule has 0 saturated heterocycles. The van der Waals surface area contributed by atoms with Gasteiger partial charge in [-0.15, -0.1) is 0 Å². The molecule has 0 unspecified atom stereocenters. The van der Waals surface area contributed by atoms with E-state index in [2.05, 4.69) is 10.6 Å². The fourth-order valence-electron chi connectivity index (χ4n) is 1.33. The molecular formula is C12H17ClN2OS. The third kappa shape index (κ3) is 4.89. The number of benzene rings is 1. The van der Waals surface area contributed by atoms with Crippen molar-refractivity contribution in [1.82, 2.24) is 5.32 Å². The molecule has 1 rings (SSSR count). The van der Waals surface area contributed by atoms with Gasteiger partial charge in [0.2, 0.25) is 0 Å². The second-order valence-corrected chi connectivity index (χ2v) is 4.46. The van der Waals surface area contributed by atoms with E-state index in [4.69, 9.17) is 28.6 Å². The first-order chi connectivity index (χ1) is 8.15. The number of anilines is 1. The van der Waals surface area contributed by atoms with Gasteiger partial charge < -0.3 is 15.4 Å². The van der Waals surface area contributed by atoms with Crippen LogP contribution in [0.15, 0.2) is 18.2 Å². The van der Waals surface area contributed by atoms with Crippen molar-refractivity contribution >= 4 is 34.6 Å². The van der Waals surface area contributed by atoms with Crippen molar-refractivity contribution in [3.8, 4) is 0 Å². The molecule has 0 saturated carbocycles. The number of ether oxygens (including phenoxy) is 1. The van der Waals surface area contributed by atoms with Crippen LogP contribution < -0.4 is 10.6 Å². The molecular weight excluding hydrogens is 256 g/mol. The summed E-state index contributed by atoms with van der Waals surface area (Å²) in [5, 5.41) is 7.57. The Balaban J connectivity index is 2.43. The summed E-state index contributed by atoms with van der Waals surface area (Å²) in [7, 11) is 1.69. The van der Waals surface area contributed by atoms with E-state index < -0.39 is 0 Å². The highest BCUT2D eigenvalue weighted by atomic mass is 35.5. The van der Waals surface area contributed by atoms with Crippen LogP contribution in [0, 0.1) is 6.92 Å². The van der Waals surface area contributed by atoms with Gasteiger partial charge in [0.25, 0.3) is 0 Å². The van der Waals surface area contributed by atoms with Crippen LogP contribution in [0.3, 0.4) is 0 Å². The van der Waals surface area contributed by atoms with E-state index in [1.54, 1.807) is 7.11 Å². The maximum Gasteiger partial charge on any atom is 0.170 e. The Morgan fingerprint density at radius 3 is 2.94 bits per heavy atom. The first-order valence-corrected chi connectivity index (χ1v) is 6.22. The van der Waals surface area contributed by atoms with Crippen LogP contribution in [0.1, 0.15) is 12.0 Å². The average molecular weight is 273 g/mol.